The van der Waals surface area contributed by atoms with Crippen LogP contribution < -0.4 is 15.1 Å². The van der Waals surface area contributed by atoms with Gasteiger partial charge < -0.3 is 19.4 Å². The lowest BCUT2D eigenvalue weighted by Gasteiger charge is -2.40. The summed E-state index contributed by atoms with van der Waals surface area (Å²) >= 11 is 0. The van der Waals surface area contributed by atoms with Crippen LogP contribution in [0.4, 0.5) is 16.2 Å². The number of amides is 3. The second-order valence-corrected chi connectivity index (χ2v) is 8.67. The summed E-state index contributed by atoms with van der Waals surface area (Å²) in [5, 5.41) is 2.76. The van der Waals surface area contributed by atoms with Crippen molar-refractivity contribution in [1.29, 1.82) is 0 Å². The first kappa shape index (κ1) is 24.0. The summed E-state index contributed by atoms with van der Waals surface area (Å²) < 4.78 is 10.6. The number of benzene rings is 2. The molecular formula is C26H28N4O5. The molecule has 0 aliphatic carbocycles. The molecule has 3 aromatic rings. The van der Waals surface area contributed by atoms with E-state index in [2.05, 4.69) is 10.3 Å². The minimum Gasteiger partial charge on any atom is -0.447 e. The van der Waals surface area contributed by atoms with Crippen molar-refractivity contribution in [3.05, 3.63) is 66.4 Å². The molecule has 4 rings (SSSR count). The van der Waals surface area contributed by atoms with E-state index in [1.54, 1.807) is 35.8 Å². The van der Waals surface area contributed by atoms with Crippen molar-refractivity contribution in [3.63, 3.8) is 0 Å². The van der Waals surface area contributed by atoms with Crippen molar-refractivity contribution < 1.29 is 23.5 Å². The molecule has 0 unspecified atom stereocenters. The van der Waals surface area contributed by atoms with Gasteiger partial charge in [-0.2, -0.15) is 0 Å². The molecule has 2 aromatic carbocycles. The normalized spacial score (nSPS) is 15.1. The molecule has 3 amide bonds. The number of aromatic nitrogens is 1. The number of hydrogen-bond donors (Lipinski definition) is 1. The summed E-state index contributed by atoms with van der Waals surface area (Å²) in [6.07, 6.45) is 2.26. The Bertz CT molecular complexity index is 1220. The molecule has 1 atom stereocenters. The van der Waals surface area contributed by atoms with E-state index in [-0.39, 0.29) is 30.5 Å². The summed E-state index contributed by atoms with van der Waals surface area (Å²) in [5.74, 6) is 0.0934. The maximum atomic E-state index is 12.9. The fourth-order valence-corrected chi connectivity index (χ4v) is 4.13. The summed E-state index contributed by atoms with van der Waals surface area (Å²) in [6.45, 7) is 7.54. The summed E-state index contributed by atoms with van der Waals surface area (Å²) in [5.41, 5.74) is 3.47. The van der Waals surface area contributed by atoms with Gasteiger partial charge in [0.25, 0.3) is 5.91 Å². The van der Waals surface area contributed by atoms with Gasteiger partial charge >= 0.3 is 6.09 Å². The van der Waals surface area contributed by atoms with Crippen LogP contribution in [0.15, 0.2) is 59.3 Å². The molecule has 1 aromatic heterocycles. The highest BCUT2D eigenvalue weighted by molar-refractivity contribution is 6.03. The van der Waals surface area contributed by atoms with E-state index in [4.69, 9.17) is 9.15 Å². The number of nitrogens with zero attached hydrogens (tertiary/aromatic N) is 3. The Morgan fingerprint density at radius 2 is 1.83 bits per heavy atom. The highest BCUT2D eigenvalue weighted by Gasteiger charge is 2.34. The average Bonchev–Trinajstić information content (AvgIpc) is 3.35. The molecule has 0 bridgehead atoms. The predicted molar refractivity (Wildman–Crippen MR) is 131 cm³/mol. The summed E-state index contributed by atoms with van der Waals surface area (Å²) in [4.78, 5) is 44.9. The zero-order valence-electron chi connectivity index (χ0n) is 20.1. The van der Waals surface area contributed by atoms with Gasteiger partial charge in [-0.3, -0.25) is 14.5 Å². The Morgan fingerprint density at radius 1 is 1.11 bits per heavy atom. The van der Waals surface area contributed by atoms with Crippen molar-refractivity contribution >= 4 is 29.3 Å². The maximum absolute atomic E-state index is 12.9. The zero-order valence-corrected chi connectivity index (χ0v) is 20.1. The molecule has 0 saturated heterocycles. The van der Waals surface area contributed by atoms with Gasteiger partial charge in [0.1, 0.15) is 6.26 Å². The molecule has 0 fully saturated rings. The minimum atomic E-state index is -0.452. The fraction of sp³-hybridized carbons (Fsp3) is 0.308. The monoisotopic (exact) mass is 476 g/mol. The van der Waals surface area contributed by atoms with E-state index in [1.807, 2.05) is 37.3 Å². The molecule has 182 valence electrons. The Labute approximate surface area is 203 Å². The Morgan fingerprint density at radius 3 is 2.46 bits per heavy atom. The SMILES string of the molecule is CC(=O)N1c2ccc(-c3ccc(C(=O)NCc4ncco4)cc3)cc2N(C(=O)OC(C)C)C[C@@H]1C. The van der Waals surface area contributed by atoms with Crippen LogP contribution in [0.2, 0.25) is 0 Å². The molecule has 9 heteroatoms. The van der Waals surface area contributed by atoms with Crippen molar-refractivity contribution in [2.75, 3.05) is 16.3 Å². The van der Waals surface area contributed by atoms with Gasteiger partial charge in [-0.15, -0.1) is 0 Å². The summed E-state index contributed by atoms with van der Waals surface area (Å²) in [6, 6.07) is 12.6. The Kier molecular flexibility index (Phi) is 6.86. The van der Waals surface area contributed by atoms with E-state index in [0.29, 0.717) is 29.4 Å². The number of rotatable bonds is 5. The number of hydrogen-bond acceptors (Lipinski definition) is 6. The van der Waals surface area contributed by atoms with Crippen molar-refractivity contribution in [3.8, 4) is 11.1 Å². The van der Waals surface area contributed by atoms with Crippen LogP contribution in [-0.4, -0.2) is 41.6 Å². The van der Waals surface area contributed by atoms with Crippen LogP contribution in [0.25, 0.3) is 11.1 Å². The van der Waals surface area contributed by atoms with Crippen molar-refractivity contribution in [2.45, 2.75) is 46.4 Å². The maximum Gasteiger partial charge on any atom is 0.414 e. The van der Waals surface area contributed by atoms with Crippen molar-refractivity contribution in [2.24, 2.45) is 0 Å². The quantitative estimate of drug-likeness (QED) is 0.586. The number of fused-ring (bicyclic) bond motifs is 1. The van der Waals surface area contributed by atoms with Crippen LogP contribution in [0.1, 0.15) is 43.9 Å². The van der Waals surface area contributed by atoms with E-state index in [9.17, 15) is 14.4 Å². The molecule has 0 saturated carbocycles. The molecule has 35 heavy (non-hydrogen) atoms. The third-order valence-electron chi connectivity index (χ3n) is 5.67. The third kappa shape index (κ3) is 5.18. The number of nitrogens with one attached hydrogen (secondary N) is 1. The largest absolute Gasteiger partial charge is 0.447 e. The molecule has 1 N–H and O–H groups in total. The predicted octanol–water partition coefficient (Wildman–Crippen LogP) is 4.38. The van der Waals surface area contributed by atoms with Gasteiger partial charge in [0.2, 0.25) is 11.8 Å². The third-order valence-corrected chi connectivity index (χ3v) is 5.67. The number of oxazole rings is 1. The zero-order chi connectivity index (χ0) is 25.1. The van der Waals surface area contributed by atoms with Crippen LogP contribution >= 0.6 is 0 Å². The van der Waals surface area contributed by atoms with Crippen LogP contribution in [0, 0.1) is 0 Å². The van der Waals surface area contributed by atoms with Crippen LogP contribution in [-0.2, 0) is 16.1 Å². The number of carbonyl (C=O) groups is 3. The lowest BCUT2D eigenvalue weighted by atomic mass is 9.99. The molecular weight excluding hydrogens is 448 g/mol. The van der Waals surface area contributed by atoms with E-state index < -0.39 is 6.09 Å². The fourth-order valence-electron chi connectivity index (χ4n) is 4.13. The molecule has 1 aliphatic rings. The smallest absolute Gasteiger partial charge is 0.414 e. The van der Waals surface area contributed by atoms with Crippen molar-refractivity contribution in [1.82, 2.24) is 10.3 Å². The number of anilines is 2. The Balaban J connectivity index is 1.60. The van der Waals surface area contributed by atoms with E-state index >= 15 is 0 Å². The minimum absolute atomic E-state index is 0.0940. The Hall–Kier alpha value is -4.14. The number of carbonyl (C=O) groups excluding carboxylic acids is 3. The van der Waals surface area contributed by atoms with Gasteiger partial charge in [0.05, 0.1) is 36.3 Å². The van der Waals surface area contributed by atoms with E-state index in [1.165, 1.54) is 19.4 Å². The molecule has 9 nitrogen and oxygen atoms in total. The van der Waals surface area contributed by atoms with Crippen LogP contribution in [0.3, 0.4) is 0 Å². The molecule has 0 spiro atoms. The van der Waals surface area contributed by atoms with E-state index in [0.717, 1.165) is 11.1 Å². The first-order chi connectivity index (χ1) is 16.7. The topological polar surface area (TPSA) is 105 Å². The molecule has 0 radical (unpaired) electrons. The first-order valence-corrected chi connectivity index (χ1v) is 11.4. The summed E-state index contributed by atoms with van der Waals surface area (Å²) in [7, 11) is 0. The highest BCUT2D eigenvalue weighted by atomic mass is 16.6. The van der Waals surface area contributed by atoms with Gasteiger partial charge in [-0.05, 0) is 56.2 Å². The van der Waals surface area contributed by atoms with Gasteiger partial charge in [0.15, 0.2) is 0 Å². The second kappa shape index (κ2) is 10.0. The average molecular weight is 477 g/mol. The standard InChI is InChI=1S/C26H28N4O5/c1-16(2)35-26(33)29-15-17(3)30(18(4)31)22-10-9-21(13-23(22)29)19-5-7-20(8-6-19)25(32)28-14-24-27-11-12-34-24/h5-13,16-17H,14-15H2,1-4H3,(H,28,32)/t17-/m0/s1. The lowest BCUT2D eigenvalue weighted by Crippen LogP contribution is -2.51. The van der Waals surface area contributed by atoms with Gasteiger partial charge in [-0.1, -0.05) is 18.2 Å². The second-order valence-electron chi connectivity index (χ2n) is 8.67. The first-order valence-electron chi connectivity index (χ1n) is 11.4. The molecule has 1 aliphatic heterocycles. The van der Waals surface area contributed by atoms with Gasteiger partial charge in [-0.25, -0.2) is 9.78 Å². The highest BCUT2D eigenvalue weighted by Crippen LogP contribution is 2.39. The molecule has 2 heterocycles. The number of ether oxygens (including phenoxy) is 1. The van der Waals surface area contributed by atoms with Gasteiger partial charge in [0, 0.05) is 19.0 Å². The van der Waals surface area contributed by atoms with Crippen LogP contribution in [0.5, 0.6) is 0 Å². The lowest BCUT2D eigenvalue weighted by molar-refractivity contribution is -0.117.